The molecule has 7 heteroatoms. The summed E-state index contributed by atoms with van der Waals surface area (Å²) in [6.07, 6.45) is 5.44. The van der Waals surface area contributed by atoms with E-state index in [1.807, 2.05) is 0 Å². The molecule has 136 valence electrons. The summed E-state index contributed by atoms with van der Waals surface area (Å²) in [4.78, 5) is 14.5. The lowest BCUT2D eigenvalue weighted by Crippen LogP contribution is -2.35. The predicted octanol–water partition coefficient (Wildman–Crippen LogP) is 2.67. The van der Waals surface area contributed by atoms with Gasteiger partial charge < -0.3 is 4.90 Å². The lowest BCUT2D eigenvalue weighted by Gasteiger charge is -2.26. The van der Waals surface area contributed by atoms with E-state index in [1.165, 1.54) is 11.8 Å². The van der Waals surface area contributed by atoms with E-state index in [1.54, 1.807) is 33.5 Å². The summed E-state index contributed by atoms with van der Waals surface area (Å²) in [6.45, 7) is 5.48. The normalized spacial score (nSPS) is 18.2. The number of thioether (sulfide) groups is 1. The number of carbonyl (C=O) groups is 1. The van der Waals surface area contributed by atoms with E-state index < -0.39 is 10.0 Å². The van der Waals surface area contributed by atoms with E-state index in [-0.39, 0.29) is 5.91 Å². The van der Waals surface area contributed by atoms with Crippen LogP contribution in [0.4, 0.5) is 5.69 Å². The fraction of sp³-hybridized carbons (Fsp3) is 0.500. The van der Waals surface area contributed by atoms with Crippen molar-refractivity contribution in [2.45, 2.75) is 30.6 Å². The van der Waals surface area contributed by atoms with Gasteiger partial charge in [0.1, 0.15) is 0 Å². The highest BCUT2D eigenvalue weighted by atomic mass is 32.2. The van der Waals surface area contributed by atoms with Crippen LogP contribution >= 0.6 is 11.8 Å². The summed E-state index contributed by atoms with van der Waals surface area (Å²) in [7, 11) is -3.42. The maximum Gasteiger partial charge on any atom is 0.243 e. The molecule has 3 rings (SSSR count). The number of amides is 1. The predicted molar refractivity (Wildman–Crippen MR) is 103 cm³/mol. The van der Waals surface area contributed by atoms with Crippen molar-refractivity contribution in [3.05, 3.63) is 36.4 Å². The summed E-state index contributed by atoms with van der Waals surface area (Å²) >= 11 is 1.54. The van der Waals surface area contributed by atoms with E-state index in [0.29, 0.717) is 36.7 Å². The highest BCUT2D eigenvalue weighted by Crippen LogP contribution is 2.32. The Morgan fingerprint density at radius 3 is 2.68 bits per heavy atom. The minimum atomic E-state index is -3.42. The number of rotatable bonds is 6. The highest BCUT2D eigenvalue weighted by molar-refractivity contribution is 8.00. The molecule has 1 aromatic carbocycles. The number of hydrogen-bond acceptors (Lipinski definition) is 4. The van der Waals surface area contributed by atoms with Crippen molar-refractivity contribution in [2.75, 3.05) is 36.0 Å². The Balaban J connectivity index is 1.77. The Hall–Kier alpha value is -1.31. The number of benzene rings is 1. The quantitative estimate of drug-likeness (QED) is 0.562. The summed E-state index contributed by atoms with van der Waals surface area (Å²) < 4.78 is 27.2. The Bertz CT molecular complexity index is 756. The van der Waals surface area contributed by atoms with Crippen molar-refractivity contribution in [3.8, 4) is 0 Å². The van der Waals surface area contributed by atoms with Crippen LogP contribution in [0.1, 0.15) is 24.8 Å². The number of carbonyl (C=O) groups excluding carboxylic acids is 1. The monoisotopic (exact) mass is 380 g/mol. The summed E-state index contributed by atoms with van der Waals surface area (Å²) in [5.41, 5.74) is 1.79. The number of nitrogens with zero attached hydrogens (tertiary/aromatic N) is 2. The van der Waals surface area contributed by atoms with Crippen molar-refractivity contribution in [1.29, 1.82) is 0 Å². The van der Waals surface area contributed by atoms with Gasteiger partial charge in [-0.2, -0.15) is 4.31 Å². The first-order chi connectivity index (χ1) is 12.0. The van der Waals surface area contributed by atoms with Gasteiger partial charge in [-0.1, -0.05) is 12.5 Å². The third kappa shape index (κ3) is 3.93. The standard InChI is InChI=1S/C18H24N2O3S2/c1-2-12-24-14-18(21)20-11-8-15-13-16(6-7-17(15)20)25(22,23)19-9-4-3-5-10-19/h2,6-7,13H,1,3-5,8-12,14H2. The van der Waals surface area contributed by atoms with Crippen LogP contribution in [0.25, 0.3) is 0 Å². The molecule has 1 amide bonds. The molecule has 1 fully saturated rings. The third-order valence-electron chi connectivity index (χ3n) is 4.66. The average Bonchev–Trinajstić information content (AvgIpc) is 3.06. The molecule has 0 unspecified atom stereocenters. The van der Waals surface area contributed by atoms with Crippen LogP contribution in [0.5, 0.6) is 0 Å². The molecule has 5 nitrogen and oxygen atoms in total. The molecule has 0 aromatic heterocycles. The van der Waals surface area contributed by atoms with Crippen LogP contribution in [0.2, 0.25) is 0 Å². The van der Waals surface area contributed by atoms with E-state index in [4.69, 9.17) is 0 Å². The molecule has 25 heavy (non-hydrogen) atoms. The van der Waals surface area contributed by atoms with Gasteiger partial charge in [0, 0.05) is 31.1 Å². The molecular formula is C18H24N2O3S2. The number of anilines is 1. The van der Waals surface area contributed by atoms with Gasteiger partial charge in [-0.3, -0.25) is 4.79 Å². The van der Waals surface area contributed by atoms with Crippen molar-refractivity contribution < 1.29 is 13.2 Å². The van der Waals surface area contributed by atoms with E-state index in [0.717, 1.165) is 36.3 Å². The first kappa shape index (κ1) is 18.5. The zero-order valence-electron chi connectivity index (χ0n) is 14.3. The van der Waals surface area contributed by atoms with Gasteiger partial charge in [-0.15, -0.1) is 18.3 Å². The molecule has 1 saturated heterocycles. The van der Waals surface area contributed by atoms with Crippen molar-refractivity contribution in [1.82, 2.24) is 4.31 Å². The molecule has 0 atom stereocenters. The smallest absolute Gasteiger partial charge is 0.243 e. The van der Waals surface area contributed by atoms with Gasteiger partial charge in [0.25, 0.3) is 0 Å². The van der Waals surface area contributed by atoms with Gasteiger partial charge >= 0.3 is 0 Å². The number of piperidine rings is 1. The second-order valence-electron chi connectivity index (χ2n) is 6.35. The zero-order chi connectivity index (χ0) is 17.9. The molecule has 0 saturated carbocycles. The van der Waals surface area contributed by atoms with Crippen LogP contribution in [0.15, 0.2) is 35.7 Å². The number of fused-ring (bicyclic) bond motifs is 1. The Morgan fingerprint density at radius 2 is 1.96 bits per heavy atom. The summed E-state index contributed by atoms with van der Waals surface area (Å²) in [6, 6.07) is 5.18. The van der Waals surface area contributed by atoms with Crippen LogP contribution in [-0.4, -0.2) is 49.8 Å². The van der Waals surface area contributed by atoms with Crippen LogP contribution < -0.4 is 4.90 Å². The topological polar surface area (TPSA) is 57.7 Å². The van der Waals surface area contributed by atoms with Gasteiger partial charge in [0.2, 0.25) is 15.9 Å². The average molecular weight is 381 g/mol. The third-order valence-corrected chi connectivity index (χ3v) is 7.48. The molecule has 0 bridgehead atoms. The van der Waals surface area contributed by atoms with Crippen molar-refractivity contribution >= 4 is 33.4 Å². The van der Waals surface area contributed by atoms with E-state index in [9.17, 15) is 13.2 Å². The SMILES string of the molecule is C=CCSCC(=O)N1CCc2cc(S(=O)(=O)N3CCCCC3)ccc21. The lowest BCUT2D eigenvalue weighted by molar-refractivity contribution is -0.116. The molecule has 0 N–H and O–H groups in total. The largest absolute Gasteiger partial charge is 0.311 e. The van der Waals surface area contributed by atoms with Crippen LogP contribution in [-0.2, 0) is 21.2 Å². The van der Waals surface area contributed by atoms with E-state index >= 15 is 0 Å². The van der Waals surface area contributed by atoms with Gasteiger partial charge in [-0.25, -0.2) is 8.42 Å². The molecule has 2 heterocycles. The second kappa shape index (κ2) is 7.93. The molecule has 0 radical (unpaired) electrons. The Morgan fingerprint density at radius 1 is 1.20 bits per heavy atom. The van der Waals surface area contributed by atoms with Gasteiger partial charge in [0.05, 0.1) is 10.6 Å². The summed E-state index contributed by atoms with van der Waals surface area (Å²) in [5, 5.41) is 0. The first-order valence-corrected chi connectivity index (χ1v) is 11.3. The van der Waals surface area contributed by atoms with Gasteiger partial charge in [-0.05, 0) is 43.0 Å². The Labute approximate surface area is 154 Å². The fourth-order valence-corrected chi connectivity index (χ4v) is 5.54. The zero-order valence-corrected chi connectivity index (χ0v) is 15.9. The fourth-order valence-electron chi connectivity index (χ4n) is 3.36. The van der Waals surface area contributed by atoms with Crippen LogP contribution in [0, 0.1) is 0 Å². The minimum Gasteiger partial charge on any atom is -0.311 e. The number of sulfonamides is 1. The molecule has 2 aliphatic heterocycles. The maximum absolute atomic E-state index is 12.8. The number of hydrogen-bond donors (Lipinski definition) is 0. The Kier molecular flexibility index (Phi) is 5.86. The summed E-state index contributed by atoms with van der Waals surface area (Å²) in [5.74, 6) is 1.23. The molecular weight excluding hydrogens is 356 g/mol. The van der Waals surface area contributed by atoms with Crippen molar-refractivity contribution in [2.24, 2.45) is 0 Å². The second-order valence-corrected chi connectivity index (χ2v) is 9.32. The van der Waals surface area contributed by atoms with Gasteiger partial charge in [0.15, 0.2) is 0 Å². The lowest BCUT2D eigenvalue weighted by atomic mass is 10.2. The van der Waals surface area contributed by atoms with E-state index in [2.05, 4.69) is 6.58 Å². The van der Waals surface area contributed by atoms with Crippen molar-refractivity contribution in [3.63, 3.8) is 0 Å². The molecule has 2 aliphatic rings. The molecule has 0 aliphatic carbocycles. The molecule has 0 spiro atoms. The molecule has 1 aromatic rings. The first-order valence-electron chi connectivity index (χ1n) is 8.66. The highest BCUT2D eigenvalue weighted by Gasteiger charge is 2.29. The minimum absolute atomic E-state index is 0.0669. The maximum atomic E-state index is 12.8. The van der Waals surface area contributed by atoms with Crippen LogP contribution in [0.3, 0.4) is 0 Å².